The molecule has 0 rings (SSSR count). The van der Waals surface area contributed by atoms with Gasteiger partial charge in [-0.15, -0.1) is 0 Å². The van der Waals surface area contributed by atoms with E-state index in [-0.39, 0.29) is 25.7 Å². The van der Waals surface area contributed by atoms with Gasteiger partial charge < -0.3 is 33.8 Å². The third kappa shape index (κ3) is 66.6. The van der Waals surface area contributed by atoms with Gasteiger partial charge in [0.15, 0.2) is 12.2 Å². The van der Waals surface area contributed by atoms with Crippen molar-refractivity contribution in [1.29, 1.82) is 0 Å². The Hall–Kier alpha value is -2.46. The Kier molecular flexibility index (Phi) is 65.0. The van der Waals surface area contributed by atoms with E-state index in [4.69, 9.17) is 37.0 Å². The van der Waals surface area contributed by atoms with E-state index in [2.05, 4.69) is 58.9 Å². The molecule has 0 spiro atoms. The average molecular weight is 1360 g/mol. The molecular weight excluding hydrogens is 1220 g/mol. The summed E-state index contributed by atoms with van der Waals surface area (Å²) in [5.74, 6) is -1.38. The summed E-state index contributed by atoms with van der Waals surface area (Å²) in [6.45, 7) is 7.21. The number of hydrogen-bond donors (Lipinski definition) is 3. The zero-order valence-electron chi connectivity index (χ0n) is 59.9. The van der Waals surface area contributed by atoms with E-state index in [0.29, 0.717) is 25.7 Å². The predicted octanol–water partition coefficient (Wildman–Crippen LogP) is 21.2. The predicted molar refractivity (Wildman–Crippen MR) is 377 cm³/mol. The highest BCUT2D eigenvalue weighted by Gasteiger charge is 2.30. The quantitative estimate of drug-likeness (QED) is 0.0169. The van der Waals surface area contributed by atoms with Crippen molar-refractivity contribution in [1.82, 2.24) is 0 Å². The lowest BCUT2D eigenvalue weighted by Gasteiger charge is -2.21. The van der Waals surface area contributed by atoms with Gasteiger partial charge in [0.25, 0.3) is 0 Å². The monoisotopic (exact) mass is 1360 g/mol. The number of aliphatic hydroxyl groups excluding tert-OH is 1. The zero-order valence-corrected chi connectivity index (χ0v) is 61.7. The first-order valence-electron chi connectivity index (χ1n) is 38.0. The van der Waals surface area contributed by atoms with E-state index in [0.717, 1.165) is 109 Å². The van der Waals surface area contributed by atoms with Gasteiger partial charge in [-0.3, -0.25) is 37.3 Å². The van der Waals surface area contributed by atoms with E-state index in [9.17, 15) is 43.2 Å². The van der Waals surface area contributed by atoms with Gasteiger partial charge in [-0.1, -0.05) is 309 Å². The van der Waals surface area contributed by atoms with Crippen molar-refractivity contribution in [3.8, 4) is 0 Å². The Morgan fingerprint density at radius 3 is 0.914 bits per heavy atom. The molecule has 3 N–H and O–H groups in total. The third-order valence-electron chi connectivity index (χ3n) is 17.0. The number of rotatable bonds is 72. The molecule has 0 bridgehead atoms. The van der Waals surface area contributed by atoms with Crippen molar-refractivity contribution in [2.24, 2.45) is 5.92 Å². The van der Waals surface area contributed by atoms with Crippen molar-refractivity contribution < 1.29 is 80.2 Å². The molecule has 0 aromatic heterocycles. The molecule has 0 aliphatic heterocycles. The summed E-state index contributed by atoms with van der Waals surface area (Å²) in [5.41, 5.74) is 0. The van der Waals surface area contributed by atoms with Crippen LogP contribution in [0.1, 0.15) is 362 Å². The maximum atomic E-state index is 13.1. The van der Waals surface area contributed by atoms with Crippen LogP contribution >= 0.6 is 15.6 Å². The number of carbonyl (C=O) groups excluding carboxylic acids is 4. The standard InChI is InChI=1S/C74H140O17P2/c1-6-10-13-16-19-22-25-28-30-32-35-38-44-49-54-59-73(78)90-69(63-84-72(77)58-53-48-43-37-34-31-29-26-23-20-17-14-11-7-2)65-88-92(80,81)86-61-68(75)62-87-93(82,83)89-66-70(91-74(79)60-55-50-45-40-39-41-46-51-56-67(5)9-4)64-85-71(76)57-52-47-42-36-33-27-24-21-18-15-12-8-3/h22,25,28,30,67-70,75H,6-21,23-24,26-27,29,31-66H2,1-5H3,(H,80,81)(H,82,83)/b25-22-,30-28-/t67?,68-,69-,70-/m1/s1. The van der Waals surface area contributed by atoms with Crippen LogP contribution in [0.25, 0.3) is 0 Å². The fraction of sp³-hybridized carbons (Fsp3) is 0.892. The molecule has 0 radical (unpaired) electrons. The molecule has 3 unspecified atom stereocenters. The van der Waals surface area contributed by atoms with E-state index in [1.807, 2.05) is 0 Å². The van der Waals surface area contributed by atoms with Gasteiger partial charge in [0.1, 0.15) is 19.3 Å². The Labute approximate surface area is 567 Å². The van der Waals surface area contributed by atoms with Crippen LogP contribution < -0.4 is 0 Å². The minimum Gasteiger partial charge on any atom is -0.462 e. The van der Waals surface area contributed by atoms with E-state index < -0.39 is 97.5 Å². The maximum Gasteiger partial charge on any atom is 0.472 e. The fourth-order valence-electron chi connectivity index (χ4n) is 10.8. The van der Waals surface area contributed by atoms with Crippen LogP contribution in [0.5, 0.6) is 0 Å². The minimum absolute atomic E-state index is 0.0856. The minimum atomic E-state index is -4.96. The van der Waals surface area contributed by atoms with Crippen LogP contribution in [0.15, 0.2) is 24.3 Å². The van der Waals surface area contributed by atoms with E-state index >= 15 is 0 Å². The smallest absolute Gasteiger partial charge is 0.462 e. The molecule has 548 valence electrons. The molecule has 17 nitrogen and oxygen atoms in total. The lowest BCUT2D eigenvalue weighted by atomic mass is 9.99. The molecule has 0 saturated heterocycles. The second-order valence-electron chi connectivity index (χ2n) is 26.2. The van der Waals surface area contributed by atoms with Crippen LogP contribution in [0, 0.1) is 5.92 Å². The largest absolute Gasteiger partial charge is 0.472 e. The molecule has 93 heavy (non-hydrogen) atoms. The lowest BCUT2D eigenvalue weighted by Crippen LogP contribution is -2.30. The first kappa shape index (κ1) is 90.5. The number of ether oxygens (including phenoxy) is 4. The number of hydrogen-bond acceptors (Lipinski definition) is 15. The molecule has 6 atom stereocenters. The number of phosphoric acid groups is 2. The Bertz CT molecular complexity index is 1880. The van der Waals surface area contributed by atoms with Gasteiger partial charge in [0.05, 0.1) is 26.4 Å². The lowest BCUT2D eigenvalue weighted by molar-refractivity contribution is -0.161. The molecule has 0 saturated carbocycles. The second kappa shape index (κ2) is 66.8. The molecule has 0 aromatic rings. The van der Waals surface area contributed by atoms with Crippen molar-refractivity contribution in [3.05, 3.63) is 24.3 Å². The Morgan fingerprint density at radius 1 is 0.344 bits per heavy atom. The summed E-state index contributed by atoms with van der Waals surface area (Å²) in [6, 6.07) is 0. The average Bonchev–Trinajstić information content (AvgIpc) is 3.63. The van der Waals surface area contributed by atoms with Crippen molar-refractivity contribution >= 4 is 39.5 Å². The summed E-state index contributed by atoms with van der Waals surface area (Å²) < 4.78 is 68.4. The number of carbonyl (C=O) groups is 4. The van der Waals surface area contributed by atoms with Crippen LogP contribution in [-0.2, 0) is 65.4 Å². The highest BCUT2D eigenvalue weighted by molar-refractivity contribution is 7.47. The topological polar surface area (TPSA) is 237 Å². The fourth-order valence-corrected chi connectivity index (χ4v) is 12.4. The van der Waals surface area contributed by atoms with Gasteiger partial charge in [-0.05, 0) is 57.3 Å². The van der Waals surface area contributed by atoms with Gasteiger partial charge in [0.2, 0.25) is 0 Å². The molecule has 0 aliphatic carbocycles. The van der Waals surface area contributed by atoms with Crippen molar-refractivity contribution in [2.45, 2.75) is 380 Å². The maximum absolute atomic E-state index is 13.1. The number of esters is 4. The Morgan fingerprint density at radius 2 is 0.602 bits per heavy atom. The summed E-state index contributed by atoms with van der Waals surface area (Å²) in [4.78, 5) is 72.7. The number of unbranched alkanes of at least 4 members (excludes halogenated alkanes) is 40. The molecule has 0 aromatic carbocycles. The number of phosphoric ester groups is 2. The van der Waals surface area contributed by atoms with E-state index in [1.54, 1.807) is 0 Å². The summed E-state index contributed by atoms with van der Waals surface area (Å²) in [7, 11) is -9.92. The van der Waals surface area contributed by atoms with Crippen LogP contribution in [0.2, 0.25) is 0 Å². The highest BCUT2D eigenvalue weighted by atomic mass is 31.2. The van der Waals surface area contributed by atoms with Crippen LogP contribution in [0.3, 0.4) is 0 Å². The van der Waals surface area contributed by atoms with Gasteiger partial charge >= 0.3 is 39.5 Å². The van der Waals surface area contributed by atoms with Crippen molar-refractivity contribution in [3.63, 3.8) is 0 Å². The van der Waals surface area contributed by atoms with Crippen LogP contribution in [-0.4, -0.2) is 96.7 Å². The van der Waals surface area contributed by atoms with Gasteiger partial charge in [0, 0.05) is 25.7 Å². The van der Waals surface area contributed by atoms with Crippen LogP contribution in [0.4, 0.5) is 0 Å². The Balaban J connectivity index is 5.30. The first-order valence-corrected chi connectivity index (χ1v) is 41.0. The normalized spacial score (nSPS) is 14.5. The molecular formula is C74H140O17P2. The summed E-state index contributed by atoms with van der Waals surface area (Å²) >= 11 is 0. The molecule has 0 amide bonds. The summed E-state index contributed by atoms with van der Waals surface area (Å²) in [6.07, 6.45) is 57.5. The summed E-state index contributed by atoms with van der Waals surface area (Å²) in [5, 5.41) is 10.6. The molecule has 19 heteroatoms. The van der Waals surface area contributed by atoms with Crippen molar-refractivity contribution in [2.75, 3.05) is 39.6 Å². The SMILES string of the molecule is CCCCCC/C=C\C=C/CCCCCCCC(=O)O[C@H](COC(=O)CCCCCCCCCCCCCCCC)COP(=O)(O)OC[C@@H](O)COP(=O)(O)OC[C@@H](COC(=O)CCCCCCCCCCCCCC)OC(=O)CCCCCCCCCCC(C)CC. The number of aliphatic hydroxyl groups is 1. The first-order chi connectivity index (χ1) is 45.1. The highest BCUT2D eigenvalue weighted by Crippen LogP contribution is 2.45. The second-order valence-corrected chi connectivity index (χ2v) is 29.1. The van der Waals surface area contributed by atoms with Gasteiger partial charge in [-0.25, -0.2) is 9.13 Å². The van der Waals surface area contributed by atoms with E-state index in [1.165, 1.54) is 173 Å². The molecule has 0 aliphatic rings. The zero-order chi connectivity index (χ0) is 68.4. The molecule has 0 heterocycles. The molecule has 0 fully saturated rings. The number of allylic oxidation sites excluding steroid dienone is 4. The third-order valence-corrected chi connectivity index (χ3v) is 18.9. The van der Waals surface area contributed by atoms with Gasteiger partial charge in [-0.2, -0.15) is 0 Å².